The summed E-state index contributed by atoms with van der Waals surface area (Å²) in [5.41, 5.74) is 2.11. The first-order chi connectivity index (χ1) is 10.7. The maximum atomic E-state index is 11.2. The standard InChI is InChI=1S/C19H23NO2/c1-2-19(21,16-7-4-3-5-8-16)17-9-6-10-18(15-17)20-11-13-22-14-12-20/h3-10,15,21H,2,11-14H2,1H3. The second-order valence-corrected chi connectivity index (χ2v) is 5.73. The average molecular weight is 297 g/mol. The third-order valence-corrected chi connectivity index (χ3v) is 4.46. The van der Waals surface area contributed by atoms with Gasteiger partial charge in [-0.1, -0.05) is 49.4 Å². The number of benzene rings is 2. The molecular weight excluding hydrogens is 274 g/mol. The summed E-state index contributed by atoms with van der Waals surface area (Å²) >= 11 is 0. The molecule has 3 heteroatoms. The molecule has 3 nitrogen and oxygen atoms in total. The Morgan fingerprint density at radius 3 is 2.36 bits per heavy atom. The van der Waals surface area contributed by atoms with Crippen molar-refractivity contribution in [2.75, 3.05) is 31.2 Å². The largest absolute Gasteiger partial charge is 0.380 e. The summed E-state index contributed by atoms with van der Waals surface area (Å²) in [6.07, 6.45) is 0.642. The highest BCUT2D eigenvalue weighted by Gasteiger charge is 2.29. The number of ether oxygens (including phenoxy) is 1. The number of hydrogen-bond acceptors (Lipinski definition) is 3. The number of rotatable bonds is 4. The van der Waals surface area contributed by atoms with Gasteiger partial charge in [-0.2, -0.15) is 0 Å². The van der Waals surface area contributed by atoms with Crippen molar-refractivity contribution < 1.29 is 9.84 Å². The molecule has 116 valence electrons. The summed E-state index contributed by atoms with van der Waals surface area (Å²) in [6.45, 7) is 5.36. The molecule has 0 aliphatic carbocycles. The van der Waals surface area contributed by atoms with Gasteiger partial charge < -0.3 is 14.7 Å². The smallest absolute Gasteiger partial charge is 0.114 e. The third-order valence-electron chi connectivity index (χ3n) is 4.46. The van der Waals surface area contributed by atoms with E-state index >= 15 is 0 Å². The number of nitrogens with zero attached hydrogens (tertiary/aromatic N) is 1. The molecule has 0 radical (unpaired) electrons. The Morgan fingerprint density at radius 1 is 1.00 bits per heavy atom. The molecule has 0 spiro atoms. The monoisotopic (exact) mass is 297 g/mol. The summed E-state index contributed by atoms with van der Waals surface area (Å²) in [7, 11) is 0. The summed E-state index contributed by atoms with van der Waals surface area (Å²) in [6, 6.07) is 18.2. The minimum absolute atomic E-state index is 0.642. The van der Waals surface area contributed by atoms with E-state index in [0.29, 0.717) is 6.42 Å². The van der Waals surface area contributed by atoms with Crippen LogP contribution < -0.4 is 4.90 Å². The number of morpholine rings is 1. The lowest BCUT2D eigenvalue weighted by atomic mass is 9.84. The molecule has 0 aromatic heterocycles. The molecule has 1 atom stereocenters. The van der Waals surface area contributed by atoms with Crippen LogP contribution in [0.15, 0.2) is 54.6 Å². The fourth-order valence-electron chi connectivity index (χ4n) is 3.07. The van der Waals surface area contributed by atoms with Crippen molar-refractivity contribution in [3.8, 4) is 0 Å². The molecule has 1 fully saturated rings. The molecule has 2 aromatic carbocycles. The van der Waals surface area contributed by atoms with Gasteiger partial charge in [-0.15, -0.1) is 0 Å². The van der Waals surface area contributed by atoms with E-state index in [-0.39, 0.29) is 0 Å². The Balaban J connectivity index is 1.96. The predicted octanol–water partition coefficient (Wildman–Crippen LogP) is 3.17. The van der Waals surface area contributed by atoms with E-state index in [1.54, 1.807) is 0 Å². The second-order valence-electron chi connectivity index (χ2n) is 5.73. The predicted molar refractivity (Wildman–Crippen MR) is 89.2 cm³/mol. The summed E-state index contributed by atoms with van der Waals surface area (Å²) in [5, 5.41) is 11.2. The van der Waals surface area contributed by atoms with Crippen molar-refractivity contribution in [3.05, 3.63) is 65.7 Å². The van der Waals surface area contributed by atoms with Gasteiger partial charge in [-0.25, -0.2) is 0 Å². The van der Waals surface area contributed by atoms with Gasteiger partial charge in [0.1, 0.15) is 5.60 Å². The van der Waals surface area contributed by atoms with Crippen LogP contribution in [-0.2, 0) is 10.3 Å². The van der Waals surface area contributed by atoms with Crippen molar-refractivity contribution in [1.29, 1.82) is 0 Å². The van der Waals surface area contributed by atoms with Gasteiger partial charge in [0.15, 0.2) is 0 Å². The van der Waals surface area contributed by atoms with E-state index in [4.69, 9.17) is 4.74 Å². The van der Waals surface area contributed by atoms with E-state index in [9.17, 15) is 5.11 Å². The average Bonchev–Trinajstić information content (AvgIpc) is 2.62. The van der Waals surface area contributed by atoms with Crippen molar-refractivity contribution >= 4 is 5.69 Å². The van der Waals surface area contributed by atoms with Gasteiger partial charge in [-0.3, -0.25) is 0 Å². The molecule has 1 N–H and O–H groups in total. The summed E-state index contributed by atoms with van der Waals surface area (Å²) < 4.78 is 5.42. The van der Waals surface area contributed by atoms with Crippen molar-refractivity contribution in [3.63, 3.8) is 0 Å². The number of aliphatic hydroxyl groups is 1. The topological polar surface area (TPSA) is 32.7 Å². The van der Waals surface area contributed by atoms with Gasteiger partial charge >= 0.3 is 0 Å². The van der Waals surface area contributed by atoms with Crippen molar-refractivity contribution in [1.82, 2.24) is 0 Å². The zero-order valence-electron chi connectivity index (χ0n) is 13.0. The highest BCUT2D eigenvalue weighted by molar-refractivity contribution is 5.52. The lowest BCUT2D eigenvalue weighted by molar-refractivity contribution is 0.0765. The van der Waals surface area contributed by atoms with Gasteiger partial charge in [0.05, 0.1) is 13.2 Å². The first-order valence-electron chi connectivity index (χ1n) is 7.95. The number of hydrogen-bond donors (Lipinski definition) is 1. The molecule has 3 rings (SSSR count). The van der Waals surface area contributed by atoms with Crippen LogP contribution in [-0.4, -0.2) is 31.4 Å². The second kappa shape index (κ2) is 6.51. The van der Waals surface area contributed by atoms with Crippen LogP contribution in [0.1, 0.15) is 24.5 Å². The van der Waals surface area contributed by atoms with E-state index in [1.807, 2.05) is 49.4 Å². The van der Waals surface area contributed by atoms with Crippen LogP contribution in [0.4, 0.5) is 5.69 Å². The first kappa shape index (κ1) is 15.1. The molecule has 0 amide bonds. The first-order valence-corrected chi connectivity index (χ1v) is 7.95. The van der Waals surface area contributed by atoms with Crippen LogP contribution in [0, 0.1) is 0 Å². The zero-order chi connectivity index (χ0) is 15.4. The van der Waals surface area contributed by atoms with Gasteiger partial charge in [0.2, 0.25) is 0 Å². The molecular formula is C19H23NO2. The Labute approximate surface area is 132 Å². The molecule has 22 heavy (non-hydrogen) atoms. The van der Waals surface area contributed by atoms with Crippen molar-refractivity contribution in [2.45, 2.75) is 18.9 Å². The van der Waals surface area contributed by atoms with Crippen LogP contribution >= 0.6 is 0 Å². The summed E-state index contributed by atoms with van der Waals surface area (Å²) in [5.74, 6) is 0. The van der Waals surface area contributed by atoms with Crippen LogP contribution in [0.3, 0.4) is 0 Å². The Morgan fingerprint density at radius 2 is 1.68 bits per heavy atom. The van der Waals surface area contributed by atoms with Crippen LogP contribution in [0.2, 0.25) is 0 Å². The van der Waals surface area contributed by atoms with E-state index < -0.39 is 5.60 Å². The Hall–Kier alpha value is -1.84. The maximum Gasteiger partial charge on any atom is 0.114 e. The zero-order valence-corrected chi connectivity index (χ0v) is 13.0. The lowest BCUT2D eigenvalue weighted by Crippen LogP contribution is -2.36. The fraction of sp³-hybridized carbons (Fsp3) is 0.368. The van der Waals surface area contributed by atoms with E-state index in [1.165, 1.54) is 0 Å². The molecule has 1 heterocycles. The lowest BCUT2D eigenvalue weighted by Gasteiger charge is -2.32. The van der Waals surface area contributed by atoms with E-state index in [2.05, 4.69) is 17.0 Å². The van der Waals surface area contributed by atoms with Crippen LogP contribution in [0.25, 0.3) is 0 Å². The van der Waals surface area contributed by atoms with Gasteiger partial charge in [0, 0.05) is 18.8 Å². The highest BCUT2D eigenvalue weighted by atomic mass is 16.5. The SMILES string of the molecule is CCC(O)(c1ccccc1)c1cccc(N2CCOCC2)c1. The molecule has 2 aromatic rings. The Kier molecular flexibility index (Phi) is 4.46. The molecule has 0 saturated carbocycles. The molecule has 0 bridgehead atoms. The molecule has 1 unspecified atom stereocenters. The minimum atomic E-state index is -0.941. The van der Waals surface area contributed by atoms with Gasteiger partial charge in [0.25, 0.3) is 0 Å². The summed E-state index contributed by atoms with van der Waals surface area (Å²) in [4.78, 5) is 2.31. The third kappa shape index (κ3) is 2.87. The number of anilines is 1. The molecule has 1 aliphatic rings. The van der Waals surface area contributed by atoms with Crippen molar-refractivity contribution in [2.24, 2.45) is 0 Å². The molecule has 1 saturated heterocycles. The minimum Gasteiger partial charge on any atom is -0.380 e. The normalized spacial score (nSPS) is 18.0. The van der Waals surface area contributed by atoms with Gasteiger partial charge in [-0.05, 0) is 29.7 Å². The van der Waals surface area contributed by atoms with E-state index in [0.717, 1.165) is 43.1 Å². The Bertz CT molecular complexity index is 608. The molecule has 1 aliphatic heterocycles. The quantitative estimate of drug-likeness (QED) is 0.941. The van der Waals surface area contributed by atoms with Crippen LogP contribution in [0.5, 0.6) is 0 Å². The fourth-order valence-corrected chi connectivity index (χ4v) is 3.07. The highest BCUT2D eigenvalue weighted by Crippen LogP contribution is 2.34. The maximum absolute atomic E-state index is 11.2.